The van der Waals surface area contributed by atoms with Crippen molar-refractivity contribution in [1.29, 1.82) is 0 Å². The quantitative estimate of drug-likeness (QED) is 0.593. The van der Waals surface area contributed by atoms with Gasteiger partial charge in [0.05, 0.1) is 5.69 Å². The zero-order chi connectivity index (χ0) is 24.7. The Morgan fingerprint density at radius 2 is 1.86 bits per heavy atom. The van der Waals surface area contributed by atoms with Crippen LogP contribution in [0.5, 0.6) is 0 Å². The topological polar surface area (TPSA) is 88.9 Å². The first-order valence-corrected chi connectivity index (χ1v) is 11.8. The Bertz CT molecular complexity index is 1370. The van der Waals surface area contributed by atoms with Crippen LogP contribution < -0.4 is 10.6 Å². The van der Waals surface area contributed by atoms with Gasteiger partial charge < -0.3 is 10.6 Å². The van der Waals surface area contributed by atoms with E-state index in [-0.39, 0.29) is 17.6 Å². The number of hydrogen-bond acceptors (Lipinski definition) is 5. The van der Waals surface area contributed by atoms with Crippen LogP contribution >= 0.6 is 0 Å². The van der Waals surface area contributed by atoms with Gasteiger partial charge in [-0.2, -0.15) is 5.10 Å². The van der Waals surface area contributed by atoms with Gasteiger partial charge in [-0.3, -0.25) is 14.3 Å². The Morgan fingerprint density at radius 1 is 1.09 bits per heavy atom. The largest absolute Gasteiger partial charge is 0.362 e. The first-order chi connectivity index (χ1) is 16.8. The summed E-state index contributed by atoms with van der Waals surface area (Å²) in [5.74, 6) is -0.127. The fourth-order valence-corrected chi connectivity index (χ4v) is 5.24. The highest BCUT2D eigenvalue weighted by Crippen LogP contribution is 2.46. The molecule has 3 heterocycles. The number of carbonyl (C=O) groups is 2. The lowest BCUT2D eigenvalue weighted by Gasteiger charge is -2.36. The van der Waals surface area contributed by atoms with E-state index in [4.69, 9.17) is 0 Å². The van der Waals surface area contributed by atoms with Gasteiger partial charge in [0.15, 0.2) is 5.78 Å². The van der Waals surface area contributed by atoms with Gasteiger partial charge in [-0.1, -0.05) is 36.4 Å². The third kappa shape index (κ3) is 4.30. The van der Waals surface area contributed by atoms with Crippen LogP contribution in [0.3, 0.4) is 0 Å². The number of nitrogens with zero attached hydrogens (tertiary/aromatic N) is 3. The molecule has 5 rings (SSSR count). The van der Waals surface area contributed by atoms with Crippen molar-refractivity contribution in [2.75, 3.05) is 5.32 Å². The third-order valence-corrected chi connectivity index (χ3v) is 6.86. The summed E-state index contributed by atoms with van der Waals surface area (Å²) in [5.41, 5.74) is 6.66. The predicted molar refractivity (Wildman–Crippen MR) is 135 cm³/mol. The first-order valence-electron chi connectivity index (χ1n) is 11.8. The highest BCUT2D eigenvalue weighted by molar-refractivity contribution is 6.09. The molecule has 2 aliphatic rings. The summed E-state index contributed by atoms with van der Waals surface area (Å²) in [6, 6.07) is 13.8. The Morgan fingerprint density at radius 3 is 2.51 bits per heavy atom. The molecule has 178 valence electrons. The maximum absolute atomic E-state index is 13.7. The molecule has 35 heavy (non-hydrogen) atoms. The number of aryl methyl sites for hydroxylation is 3. The average molecular weight is 468 g/mol. The van der Waals surface area contributed by atoms with E-state index in [1.165, 1.54) is 0 Å². The van der Waals surface area contributed by atoms with E-state index in [0.717, 1.165) is 33.8 Å². The summed E-state index contributed by atoms with van der Waals surface area (Å²) in [4.78, 5) is 31.6. The number of nitrogens with one attached hydrogen (secondary N) is 2. The van der Waals surface area contributed by atoms with Gasteiger partial charge in [-0.25, -0.2) is 4.98 Å². The lowest BCUT2D eigenvalue weighted by atomic mass is 9.71. The van der Waals surface area contributed by atoms with E-state index in [1.54, 1.807) is 16.9 Å². The summed E-state index contributed by atoms with van der Waals surface area (Å²) < 4.78 is 1.74. The Labute approximate surface area is 205 Å². The van der Waals surface area contributed by atoms with Crippen molar-refractivity contribution < 1.29 is 9.59 Å². The van der Waals surface area contributed by atoms with E-state index in [1.807, 2.05) is 58.3 Å². The molecule has 7 nitrogen and oxygen atoms in total. The molecule has 0 spiro atoms. The molecule has 1 aromatic carbocycles. The number of pyridine rings is 1. The Balaban J connectivity index is 1.57. The number of Topliss-reactive ketones (excluding diaryl/α,β-unsaturated/α-hetero) is 1. The van der Waals surface area contributed by atoms with Crippen LogP contribution in [0.4, 0.5) is 5.82 Å². The molecule has 2 aromatic heterocycles. The summed E-state index contributed by atoms with van der Waals surface area (Å²) in [5, 5.41) is 10.9. The minimum Gasteiger partial charge on any atom is -0.362 e. The molecule has 3 aromatic rings. The van der Waals surface area contributed by atoms with E-state index in [2.05, 4.69) is 32.8 Å². The zero-order valence-electron chi connectivity index (χ0n) is 20.4. The number of carbonyl (C=O) groups excluding carboxylic acids is 2. The fraction of sp³-hybridized carbons (Fsp3) is 0.286. The lowest BCUT2D eigenvalue weighted by Crippen LogP contribution is -2.37. The number of amides is 1. The van der Waals surface area contributed by atoms with Gasteiger partial charge in [-0.15, -0.1) is 0 Å². The zero-order valence-corrected chi connectivity index (χ0v) is 20.4. The van der Waals surface area contributed by atoms with E-state index in [0.29, 0.717) is 29.8 Å². The molecule has 2 atom stereocenters. The average Bonchev–Trinajstić information content (AvgIpc) is 3.17. The second kappa shape index (κ2) is 8.98. The molecule has 1 aliphatic carbocycles. The third-order valence-electron chi connectivity index (χ3n) is 6.86. The predicted octanol–water partition coefficient (Wildman–Crippen LogP) is 4.43. The van der Waals surface area contributed by atoms with E-state index >= 15 is 0 Å². The highest BCUT2D eigenvalue weighted by atomic mass is 16.2. The fourth-order valence-electron chi connectivity index (χ4n) is 5.24. The van der Waals surface area contributed by atoms with Crippen molar-refractivity contribution in [3.8, 4) is 0 Å². The lowest BCUT2D eigenvalue weighted by molar-refractivity contribution is -0.116. The second-order valence-corrected chi connectivity index (χ2v) is 9.45. The maximum Gasteiger partial charge on any atom is 0.255 e. The van der Waals surface area contributed by atoms with Crippen molar-refractivity contribution in [3.05, 3.63) is 99.8 Å². The van der Waals surface area contributed by atoms with Gasteiger partial charge in [0, 0.05) is 59.9 Å². The smallest absolute Gasteiger partial charge is 0.255 e. The number of rotatable bonds is 4. The molecule has 0 fully saturated rings. The molecule has 0 unspecified atom stereocenters. The molecule has 0 saturated heterocycles. The van der Waals surface area contributed by atoms with Crippen LogP contribution in [0.15, 0.2) is 77.4 Å². The maximum atomic E-state index is 13.7. The number of dihydropyridines is 1. The minimum absolute atomic E-state index is 0.0621. The summed E-state index contributed by atoms with van der Waals surface area (Å²) in [7, 11) is 1.85. The van der Waals surface area contributed by atoms with Gasteiger partial charge >= 0.3 is 0 Å². The Kier molecular flexibility index (Phi) is 5.84. The molecule has 2 N–H and O–H groups in total. The van der Waals surface area contributed by atoms with Crippen LogP contribution in [-0.2, 0) is 16.6 Å². The molecule has 1 aliphatic heterocycles. The first kappa shape index (κ1) is 22.8. The minimum atomic E-state index is -0.491. The highest BCUT2D eigenvalue weighted by Gasteiger charge is 2.42. The van der Waals surface area contributed by atoms with Crippen molar-refractivity contribution in [2.45, 2.75) is 45.4 Å². The number of hydrogen-bond donors (Lipinski definition) is 2. The van der Waals surface area contributed by atoms with Crippen LogP contribution in [0, 0.1) is 13.8 Å². The second-order valence-electron chi connectivity index (χ2n) is 9.45. The standard InChI is InChI=1S/C28H29N5O2/c1-16-10-11-24(29-14-16)31-28(35)25-18(3)30-22-12-20(19-8-6-5-7-9-19)13-23(34)27(22)26(25)21-15-33(4)32-17(21)2/h5-11,14-15,20,26,30H,12-13H2,1-4H3,(H,29,31,35)/t20-,26+/m0/s1. The number of anilines is 1. The van der Waals surface area contributed by atoms with Crippen molar-refractivity contribution >= 4 is 17.5 Å². The SMILES string of the molecule is CC1=C(C(=O)Nc2ccc(C)cn2)[C@@H](c2cn(C)nc2C)C2=C(C[C@H](c3ccccc3)CC2=O)N1. The van der Waals surface area contributed by atoms with Crippen LogP contribution in [0.1, 0.15) is 54.0 Å². The molecular formula is C28H29N5O2. The van der Waals surface area contributed by atoms with Crippen molar-refractivity contribution in [3.63, 3.8) is 0 Å². The molecule has 0 bridgehead atoms. The summed E-state index contributed by atoms with van der Waals surface area (Å²) in [6.45, 7) is 5.77. The normalized spacial score (nSPS) is 19.9. The van der Waals surface area contributed by atoms with Gasteiger partial charge in [0.1, 0.15) is 5.82 Å². The Hall–Kier alpha value is -4.00. The van der Waals surface area contributed by atoms with Crippen LogP contribution in [-0.4, -0.2) is 26.5 Å². The number of allylic oxidation sites excluding steroid dienone is 3. The van der Waals surface area contributed by atoms with Gasteiger partial charge in [0.2, 0.25) is 0 Å². The number of ketones is 1. The molecular weight excluding hydrogens is 438 g/mol. The van der Waals surface area contributed by atoms with Crippen LogP contribution in [0.2, 0.25) is 0 Å². The molecule has 0 radical (unpaired) electrons. The van der Waals surface area contributed by atoms with Gasteiger partial charge in [0.25, 0.3) is 5.91 Å². The monoisotopic (exact) mass is 467 g/mol. The number of aromatic nitrogens is 3. The van der Waals surface area contributed by atoms with E-state index < -0.39 is 5.92 Å². The molecule has 0 saturated carbocycles. The van der Waals surface area contributed by atoms with E-state index in [9.17, 15) is 9.59 Å². The number of benzene rings is 1. The summed E-state index contributed by atoms with van der Waals surface area (Å²) >= 11 is 0. The van der Waals surface area contributed by atoms with Gasteiger partial charge in [-0.05, 0) is 50.3 Å². The van der Waals surface area contributed by atoms with Crippen molar-refractivity contribution in [1.82, 2.24) is 20.1 Å². The molecule has 7 heteroatoms. The molecule has 1 amide bonds. The summed E-state index contributed by atoms with van der Waals surface area (Å²) in [6.07, 6.45) is 4.76. The van der Waals surface area contributed by atoms with Crippen molar-refractivity contribution in [2.24, 2.45) is 7.05 Å². The van der Waals surface area contributed by atoms with Crippen LogP contribution in [0.25, 0.3) is 0 Å².